The Balaban J connectivity index is 2.17. The highest BCUT2D eigenvalue weighted by Crippen LogP contribution is 2.23. The Morgan fingerprint density at radius 2 is 1.95 bits per heavy atom. The molecule has 1 aliphatic rings. The molecule has 1 rings (SSSR count). The fourth-order valence-electron chi connectivity index (χ4n) is 2.88. The Morgan fingerprint density at radius 1 is 1.33 bits per heavy atom. The Bertz CT molecular complexity index is 334. The van der Waals surface area contributed by atoms with Gasteiger partial charge >= 0.3 is 0 Å². The number of rotatable bonds is 8. The molecule has 1 heterocycles. The summed E-state index contributed by atoms with van der Waals surface area (Å²) in [5, 5.41) is 2.95. The quantitative estimate of drug-likeness (QED) is 0.700. The first-order valence-electron chi connectivity index (χ1n) is 8.20. The van der Waals surface area contributed by atoms with E-state index in [2.05, 4.69) is 23.7 Å². The number of amides is 1. The smallest absolute Gasteiger partial charge is 0.234 e. The normalized spacial score (nSPS) is 18.5. The fourth-order valence-corrected chi connectivity index (χ4v) is 2.88. The number of carbonyl (C=O) groups excluding carboxylic acids is 1. The van der Waals surface area contributed by atoms with E-state index in [1.165, 1.54) is 19.3 Å². The molecule has 0 aliphatic carbocycles. The van der Waals surface area contributed by atoms with Gasteiger partial charge in [0.25, 0.3) is 0 Å². The topological polar surface area (TPSA) is 41.6 Å². The lowest BCUT2D eigenvalue weighted by Gasteiger charge is -2.32. The van der Waals surface area contributed by atoms with E-state index >= 15 is 0 Å². The number of ether oxygens (including phenoxy) is 1. The molecule has 1 aliphatic heterocycles. The standard InChI is InChI=1S/C17H32N2O2/c1-13(2)18-17(20)12-19-10-8-16(9-11-19)7-6-15(5)21-14(3)4/h13,15-16H,3,6-12H2,1-2,4-5H3,(H,18,20). The lowest BCUT2D eigenvalue weighted by atomic mass is 9.91. The molecular weight excluding hydrogens is 264 g/mol. The van der Waals surface area contributed by atoms with E-state index in [0.717, 1.165) is 31.2 Å². The van der Waals surface area contributed by atoms with Crippen LogP contribution in [0.5, 0.6) is 0 Å². The molecule has 21 heavy (non-hydrogen) atoms. The van der Waals surface area contributed by atoms with Crippen LogP contribution in [0.4, 0.5) is 0 Å². The van der Waals surface area contributed by atoms with E-state index in [0.29, 0.717) is 6.54 Å². The molecule has 0 aromatic heterocycles. The van der Waals surface area contributed by atoms with Crippen LogP contribution in [0.15, 0.2) is 12.3 Å². The number of carbonyl (C=O) groups is 1. The number of nitrogens with zero attached hydrogens (tertiary/aromatic N) is 1. The molecule has 122 valence electrons. The molecule has 1 fully saturated rings. The zero-order chi connectivity index (χ0) is 15.8. The number of piperidine rings is 1. The molecule has 1 saturated heterocycles. The van der Waals surface area contributed by atoms with Crippen molar-refractivity contribution in [2.24, 2.45) is 5.92 Å². The van der Waals surface area contributed by atoms with Crippen LogP contribution in [0.1, 0.15) is 53.4 Å². The van der Waals surface area contributed by atoms with E-state index in [9.17, 15) is 4.79 Å². The number of allylic oxidation sites excluding steroid dienone is 1. The minimum Gasteiger partial charge on any atom is -0.496 e. The lowest BCUT2D eigenvalue weighted by Crippen LogP contribution is -2.43. The summed E-state index contributed by atoms with van der Waals surface area (Å²) >= 11 is 0. The summed E-state index contributed by atoms with van der Waals surface area (Å²) in [6.07, 6.45) is 4.94. The maximum Gasteiger partial charge on any atom is 0.234 e. The molecule has 1 atom stereocenters. The highest BCUT2D eigenvalue weighted by atomic mass is 16.5. The predicted molar refractivity (Wildman–Crippen MR) is 87.0 cm³/mol. The molecule has 4 nitrogen and oxygen atoms in total. The van der Waals surface area contributed by atoms with Crippen molar-refractivity contribution < 1.29 is 9.53 Å². The third kappa shape index (κ3) is 8.10. The van der Waals surface area contributed by atoms with Gasteiger partial charge in [0.2, 0.25) is 5.91 Å². The molecule has 0 aromatic carbocycles. The van der Waals surface area contributed by atoms with E-state index < -0.39 is 0 Å². The van der Waals surface area contributed by atoms with Gasteiger partial charge in [-0.25, -0.2) is 0 Å². The largest absolute Gasteiger partial charge is 0.496 e. The van der Waals surface area contributed by atoms with Gasteiger partial charge in [-0.15, -0.1) is 0 Å². The lowest BCUT2D eigenvalue weighted by molar-refractivity contribution is -0.123. The zero-order valence-corrected chi connectivity index (χ0v) is 14.2. The van der Waals surface area contributed by atoms with E-state index in [1.807, 2.05) is 20.8 Å². The van der Waals surface area contributed by atoms with Gasteiger partial charge in [-0.3, -0.25) is 9.69 Å². The molecule has 1 unspecified atom stereocenters. The molecule has 0 radical (unpaired) electrons. The molecule has 0 saturated carbocycles. The maximum atomic E-state index is 11.7. The summed E-state index contributed by atoms with van der Waals surface area (Å²) in [5.41, 5.74) is 0. The van der Waals surface area contributed by atoms with Crippen molar-refractivity contribution in [2.45, 2.75) is 65.5 Å². The first kappa shape index (κ1) is 18.0. The van der Waals surface area contributed by atoms with Gasteiger partial charge in [0.1, 0.15) is 0 Å². The first-order chi connectivity index (χ1) is 9.86. The van der Waals surface area contributed by atoms with Crippen LogP contribution in [0.25, 0.3) is 0 Å². The van der Waals surface area contributed by atoms with Crippen molar-refractivity contribution >= 4 is 5.91 Å². The van der Waals surface area contributed by atoms with Crippen LogP contribution in [-0.2, 0) is 9.53 Å². The van der Waals surface area contributed by atoms with Gasteiger partial charge in [0.15, 0.2) is 0 Å². The number of hydrogen-bond acceptors (Lipinski definition) is 3. The van der Waals surface area contributed by atoms with Crippen LogP contribution in [0.2, 0.25) is 0 Å². The van der Waals surface area contributed by atoms with Crippen molar-refractivity contribution in [3.63, 3.8) is 0 Å². The summed E-state index contributed by atoms with van der Waals surface area (Å²) in [6, 6.07) is 0.227. The fraction of sp³-hybridized carbons (Fsp3) is 0.824. The zero-order valence-electron chi connectivity index (χ0n) is 14.2. The van der Waals surface area contributed by atoms with Gasteiger partial charge in [0.05, 0.1) is 18.4 Å². The van der Waals surface area contributed by atoms with Crippen molar-refractivity contribution in [1.82, 2.24) is 10.2 Å². The minimum atomic E-state index is 0.145. The second kappa shape index (κ2) is 9.08. The molecule has 0 bridgehead atoms. The summed E-state index contributed by atoms with van der Waals surface area (Å²) in [7, 11) is 0. The Kier molecular flexibility index (Phi) is 7.79. The van der Waals surface area contributed by atoms with Gasteiger partial charge in [-0.05, 0) is 72.4 Å². The van der Waals surface area contributed by atoms with E-state index in [4.69, 9.17) is 4.74 Å². The van der Waals surface area contributed by atoms with Gasteiger partial charge in [0, 0.05) is 6.04 Å². The van der Waals surface area contributed by atoms with Crippen molar-refractivity contribution in [1.29, 1.82) is 0 Å². The van der Waals surface area contributed by atoms with Gasteiger partial charge in [-0.2, -0.15) is 0 Å². The van der Waals surface area contributed by atoms with Crippen LogP contribution in [0.3, 0.4) is 0 Å². The maximum absolute atomic E-state index is 11.7. The number of nitrogens with one attached hydrogen (secondary N) is 1. The Hall–Kier alpha value is -1.03. The van der Waals surface area contributed by atoms with Crippen LogP contribution < -0.4 is 5.32 Å². The Labute approximate surface area is 129 Å². The summed E-state index contributed by atoms with van der Waals surface area (Å²) in [5.74, 6) is 1.71. The van der Waals surface area contributed by atoms with Crippen LogP contribution in [0, 0.1) is 5.92 Å². The summed E-state index contributed by atoms with van der Waals surface area (Å²) in [6.45, 7) is 14.4. The van der Waals surface area contributed by atoms with Crippen LogP contribution in [-0.4, -0.2) is 42.6 Å². The second-order valence-corrected chi connectivity index (χ2v) is 6.65. The second-order valence-electron chi connectivity index (χ2n) is 6.65. The molecule has 0 aromatic rings. The van der Waals surface area contributed by atoms with Gasteiger partial charge < -0.3 is 10.1 Å². The average Bonchev–Trinajstić information content (AvgIpc) is 2.36. The Morgan fingerprint density at radius 3 is 2.48 bits per heavy atom. The van der Waals surface area contributed by atoms with E-state index in [-0.39, 0.29) is 18.1 Å². The highest BCUT2D eigenvalue weighted by molar-refractivity contribution is 5.78. The number of likely N-dealkylation sites (tertiary alicyclic amines) is 1. The van der Waals surface area contributed by atoms with Crippen LogP contribution >= 0.6 is 0 Å². The average molecular weight is 296 g/mol. The highest BCUT2D eigenvalue weighted by Gasteiger charge is 2.21. The molecule has 1 N–H and O–H groups in total. The minimum absolute atomic E-state index is 0.145. The summed E-state index contributed by atoms with van der Waals surface area (Å²) in [4.78, 5) is 14.0. The van der Waals surface area contributed by atoms with Crippen molar-refractivity contribution in [2.75, 3.05) is 19.6 Å². The molecule has 0 spiro atoms. The molecule has 4 heteroatoms. The van der Waals surface area contributed by atoms with Gasteiger partial charge in [-0.1, -0.05) is 6.58 Å². The molecule has 1 amide bonds. The van der Waals surface area contributed by atoms with Crippen molar-refractivity contribution in [3.05, 3.63) is 12.3 Å². The SMILES string of the molecule is C=C(C)OC(C)CCC1CCN(CC(=O)NC(C)C)CC1. The number of hydrogen-bond donors (Lipinski definition) is 1. The molecular formula is C17H32N2O2. The van der Waals surface area contributed by atoms with E-state index in [1.54, 1.807) is 0 Å². The van der Waals surface area contributed by atoms with Crippen molar-refractivity contribution in [3.8, 4) is 0 Å². The monoisotopic (exact) mass is 296 g/mol. The first-order valence-corrected chi connectivity index (χ1v) is 8.20. The third-order valence-corrected chi connectivity index (χ3v) is 3.91. The third-order valence-electron chi connectivity index (χ3n) is 3.91. The predicted octanol–water partition coefficient (Wildman–Crippen LogP) is 2.94. The summed E-state index contributed by atoms with van der Waals surface area (Å²) < 4.78 is 5.59.